The zero-order chi connectivity index (χ0) is 11.4. The lowest BCUT2D eigenvalue weighted by molar-refractivity contribution is -0.116. The smallest absolute Gasteiger partial charge is 0.225 e. The van der Waals surface area contributed by atoms with Crippen LogP contribution in [0, 0.1) is 11.6 Å². The molecular weight excluding hydrogens is 204 g/mol. The Hall–Kier alpha value is -1.69. The van der Waals surface area contributed by atoms with E-state index in [1.807, 2.05) is 0 Å². The molecule has 0 fully saturated rings. The summed E-state index contributed by atoms with van der Waals surface area (Å²) < 4.78 is 25.6. The third-order valence-electron chi connectivity index (χ3n) is 1.78. The molecule has 1 rings (SSSR count). The number of nitrogen functional groups attached to an aromatic ring is 1. The zero-order valence-electron chi connectivity index (χ0n) is 7.89. The second-order valence-corrected chi connectivity index (χ2v) is 2.91. The van der Waals surface area contributed by atoms with Gasteiger partial charge in [-0.1, -0.05) is 0 Å². The van der Waals surface area contributed by atoms with Crippen molar-refractivity contribution < 1.29 is 13.6 Å². The molecule has 1 amide bonds. The van der Waals surface area contributed by atoms with E-state index in [2.05, 4.69) is 5.32 Å². The van der Waals surface area contributed by atoms with Crippen LogP contribution in [0.2, 0.25) is 0 Å². The number of carbonyl (C=O) groups is 1. The molecule has 0 atom stereocenters. The first-order valence-electron chi connectivity index (χ1n) is 4.29. The van der Waals surface area contributed by atoms with E-state index in [1.165, 1.54) is 6.07 Å². The Labute approximate surface area is 85.2 Å². The molecule has 1 aromatic rings. The van der Waals surface area contributed by atoms with Gasteiger partial charge in [0.05, 0.1) is 11.4 Å². The van der Waals surface area contributed by atoms with Gasteiger partial charge in [0.1, 0.15) is 0 Å². The molecule has 1 aromatic carbocycles. The lowest BCUT2D eigenvalue weighted by atomic mass is 10.2. The normalized spacial score (nSPS) is 10.1. The summed E-state index contributed by atoms with van der Waals surface area (Å²) in [5, 5.41) is 2.33. The van der Waals surface area contributed by atoms with Crippen molar-refractivity contribution in [1.29, 1.82) is 0 Å². The fourth-order valence-electron chi connectivity index (χ4n) is 1.02. The Morgan fingerprint density at radius 3 is 2.67 bits per heavy atom. The number of anilines is 2. The van der Waals surface area contributed by atoms with Gasteiger partial charge in [0.25, 0.3) is 0 Å². The second kappa shape index (κ2) is 4.70. The molecule has 0 aliphatic carbocycles. The summed E-state index contributed by atoms with van der Waals surface area (Å²) in [6.45, 7) is 0.176. The molecule has 5 N–H and O–H groups in total. The first-order chi connectivity index (χ1) is 7.06. The van der Waals surface area contributed by atoms with Crippen molar-refractivity contribution >= 4 is 17.3 Å². The van der Waals surface area contributed by atoms with Crippen molar-refractivity contribution in [3.05, 3.63) is 23.8 Å². The Kier molecular flexibility index (Phi) is 3.56. The standard InChI is InChI=1S/C9H11F2N3O/c10-5-1-2-6(9(13)8(5)11)14-7(15)3-4-12/h1-2H,3-4,12-13H2,(H,14,15). The Balaban J connectivity index is 2.87. The van der Waals surface area contributed by atoms with Crippen LogP contribution in [-0.4, -0.2) is 12.5 Å². The fourth-order valence-corrected chi connectivity index (χ4v) is 1.02. The van der Waals surface area contributed by atoms with Crippen LogP contribution in [0.4, 0.5) is 20.2 Å². The van der Waals surface area contributed by atoms with Crippen molar-refractivity contribution in [3.8, 4) is 0 Å². The van der Waals surface area contributed by atoms with E-state index in [1.54, 1.807) is 0 Å². The van der Waals surface area contributed by atoms with Crippen LogP contribution < -0.4 is 16.8 Å². The molecule has 0 spiro atoms. The fraction of sp³-hybridized carbons (Fsp3) is 0.222. The van der Waals surface area contributed by atoms with Gasteiger partial charge < -0.3 is 16.8 Å². The minimum absolute atomic E-state index is 0.0485. The molecule has 0 unspecified atom stereocenters. The quantitative estimate of drug-likeness (QED) is 0.653. The lowest BCUT2D eigenvalue weighted by Gasteiger charge is -2.08. The maximum Gasteiger partial charge on any atom is 0.225 e. The predicted molar refractivity (Wildman–Crippen MR) is 53.1 cm³/mol. The molecule has 0 heterocycles. The molecule has 0 radical (unpaired) electrons. The van der Waals surface area contributed by atoms with Crippen molar-refractivity contribution in [2.75, 3.05) is 17.6 Å². The number of hydrogen-bond donors (Lipinski definition) is 3. The van der Waals surface area contributed by atoms with E-state index < -0.39 is 23.2 Å². The third kappa shape index (κ3) is 2.63. The topological polar surface area (TPSA) is 81.1 Å². The molecule has 82 valence electrons. The molecule has 4 nitrogen and oxygen atoms in total. The van der Waals surface area contributed by atoms with Gasteiger partial charge in [0.2, 0.25) is 5.91 Å². The van der Waals surface area contributed by atoms with Gasteiger partial charge in [-0.15, -0.1) is 0 Å². The van der Waals surface area contributed by atoms with Crippen LogP contribution in [0.5, 0.6) is 0 Å². The Morgan fingerprint density at radius 2 is 2.07 bits per heavy atom. The largest absolute Gasteiger partial charge is 0.395 e. The number of rotatable bonds is 3. The first-order valence-corrected chi connectivity index (χ1v) is 4.29. The summed E-state index contributed by atoms with van der Waals surface area (Å²) in [6.07, 6.45) is 0.0957. The maximum atomic E-state index is 13.0. The highest BCUT2D eigenvalue weighted by atomic mass is 19.2. The molecule has 0 bridgehead atoms. The Bertz CT molecular complexity index is 382. The van der Waals surface area contributed by atoms with Crippen LogP contribution >= 0.6 is 0 Å². The summed E-state index contributed by atoms with van der Waals surface area (Å²) in [6, 6.07) is 2.09. The summed E-state index contributed by atoms with van der Waals surface area (Å²) in [5.41, 5.74) is 10.0. The number of hydrogen-bond acceptors (Lipinski definition) is 3. The van der Waals surface area contributed by atoms with Gasteiger partial charge in [-0.25, -0.2) is 8.78 Å². The van der Waals surface area contributed by atoms with Gasteiger partial charge in [-0.05, 0) is 12.1 Å². The molecule has 0 aromatic heterocycles. The minimum Gasteiger partial charge on any atom is -0.395 e. The molecular formula is C9H11F2N3O. The van der Waals surface area contributed by atoms with Crippen molar-refractivity contribution in [1.82, 2.24) is 0 Å². The van der Waals surface area contributed by atoms with E-state index in [9.17, 15) is 13.6 Å². The van der Waals surface area contributed by atoms with Gasteiger partial charge in [0, 0.05) is 13.0 Å². The summed E-state index contributed by atoms with van der Waals surface area (Å²) in [5.74, 6) is -2.61. The SMILES string of the molecule is NCCC(=O)Nc1ccc(F)c(F)c1N. The minimum atomic E-state index is -1.17. The number of benzene rings is 1. The van der Waals surface area contributed by atoms with Crippen LogP contribution in [0.3, 0.4) is 0 Å². The molecule has 0 saturated heterocycles. The van der Waals surface area contributed by atoms with Gasteiger partial charge in [-0.2, -0.15) is 0 Å². The monoisotopic (exact) mass is 215 g/mol. The number of amides is 1. The van der Waals surface area contributed by atoms with E-state index in [0.29, 0.717) is 0 Å². The summed E-state index contributed by atoms with van der Waals surface area (Å²) >= 11 is 0. The molecule has 6 heteroatoms. The van der Waals surface area contributed by atoms with Crippen LogP contribution in [0.25, 0.3) is 0 Å². The zero-order valence-corrected chi connectivity index (χ0v) is 7.89. The van der Waals surface area contributed by atoms with Gasteiger partial charge in [0.15, 0.2) is 11.6 Å². The highest BCUT2D eigenvalue weighted by molar-refractivity contribution is 5.93. The van der Waals surface area contributed by atoms with Crippen molar-refractivity contribution in [2.45, 2.75) is 6.42 Å². The number of halogens is 2. The van der Waals surface area contributed by atoms with Crippen molar-refractivity contribution in [3.63, 3.8) is 0 Å². The predicted octanol–water partition coefficient (Wildman–Crippen LogP) is 0.834. The second-order valence-electron chi connectivity index (χ2n) is 2.91. The molecule has 15 heavy (non-hydrogen) atoms. The third-order valence-corrected chi connectivity index (χ3v) is 1.78. The van der Waals surface area contributed by atoms with Crippen LogP contribution in [0.15, 0.2) is 12.1 Å². The highest BCUT2D eigenvalue weighted by Crippen LogP contribution is 2.23. The molecule has 0 saturated carbocycles. The summed E-state index contributed by atoms with van der Waals surface area (Å²) in [7, 11) is 0. The number of carbonyl (C=O) groups excluding carboxylic acids is 1. The molecule has 0 aliphatic heterocycles. The average molecular weight is 215 g/mol. The van der Waals surface area contributed by atoms with Crippen LogP contribution in [0.1, 0.15) is 6.42 Å². The van der Waals surface area contributed by atoms with E-state index >= 15 is 0 Å². The number of nitrogens with one attached hydrogen (secondary N) is 1. The van der Waals surface area contributed by atoms with E-state index in [0.717, 1.165) is 6.07 Å². The Morgan fingerprint density at radius 1 is 1.40 bits per heavy atom. The number of nitrogens with two attached hydrogens (primary N) is 2. The van der Waals surface area contributed by atoms with E-state index in [-0.39, 0.29) is 18.7 Å². The van der Waals surface area contributed by atoms with Gasteiger partial charge in [-0.3, -0.25) is 4.79 Å². The summed E-state index contributed by atoms with van der Waals surface area (Å²) in [4.78, 5) is 11.1. The van der Waals surface area contributed by atoms with E-state index in [4.69, 9.17) is 11.5 Å². The average Bonchev–Trinajstić information content (AvgIpc) is 2.20. The van der Waals surface area contributed by atoms with Crippen molar-refractivity contribution in [2.24, 2.45) is 5.73 Å². The molecule has 0 aliphatic rings. The first kappa shape index (κ1) is 11.4. The lowest BCUT2D eigenvalue weighted by Crippen LogP contribution is -2.17. The van der Waals surface area contributed by atoms with Gasteiger partial charge >= 0.3 is 0 Å². The van der Waals surface area contributed by atoms with Crippen LogP contribution in [-0.2, 0) is 4.79 Å². The highest BCUT2D eigenvalue weighted by Gasteiger charge is 2.11. The maximum absolute atomic E-state index is 13.0.